The number of furan rings is 1. The van der Waals surface area contributed by atoms with Crippen LogP contribution in [0.3, 0.4) is 0 Å². The summed E-state index contributed by atoms with van der Waals surface area (Å²) in [6.45, 7) is 7.74. The van der Waals surface area contributed by atoms with Crippen molar-refractivity contribution >= 4 is 5.91 Å². The van der Waals surface area contributed by atoms with Gasteiger partial charge in [-0.05, 0) is 51.8 Å². The Kier molecular flexibility index (Phi) is 4.81. The number of aromatic nitrogens is 1. The molecular formula is C17H23N3O3. The van der Waals surface area contributed by atoms with Gasteiger partial charge in [-0.15, -0.1) is 0 Å². The summed E-state index contributed by atoms with van der Waals surface area (Å²) < 4.78 is 10.4. The van der Waals surface area contributed by atoms with E-state index >= 15 is 0 Å². The zero-order valence-electron chi connectivity index (χ0n) is 13.7. The third kappa shape index (κ3) is 4.01. The molecule has 1 fully saturated rings. The van der Waals surface area contributed by atoms with Gasteiger partial charge < -0.3 is 14.3 Å². The average Bonchev–Trinajstić information content (AvgIpc) is 3.17. The summed E-state index contributed by atoms with van der Waals surface area (Å²) in [5.74, 6) is 2.60. The lowest BCUT2D eigenvalue weighted by atomic mass is 9.96. The van der Waals surface area contributed by atoms with Gasteiger partial charge in [0.2, 0.25) is 5.76 Å². The van der Waals surface area contributed by atoms with Gasteiger partial charge in [0.15, 0.2) is 0 Å². The van der Waals surface area contributed by atoms with Crippen molar-refractivity contribution < 1.29 is 13.7 Å². The summed E-state index contributed by atoms with van der Waals surface area (Å²) in [7, 11) is 0. The van der Waals surface area contributed by atoms with Crippen LogP contribution in [0.15, 0.2) is 27.3 Å². The number of carbonyl (C=O) groups is 1. The molecule has 0 atom stereocenters. The van der Waals surface area contributed by atoms with E-state index in [2.05, 4.69) is 21.4 Å². The Morgan fingerprint density at radius 1 is 1.39 bits per heavy atom. The maximum atomic E-state index is 11.8. The maximum Gasteiger partial charge on any atom is 0.289 e. The first-order valence-electron chi connectivity index (χ1n) is 8.09. The van der Waals surface area contributed by atoms with Crippen LogP contribution in [0.1, 0.15) is 40.5 Å². The summed E-state index contributed by atoms with van der Waals surface area (Å²) in [4.78, 5) is 14.3. The van der Waals surface area contributed by atoms with Gasteiger partial charge in [-0.3, -0.25) is 9.69 Å². The predicted molar refractivity (Wildman–Crippen MR) is 85.0 cm³/mol. The summed E-state index contributed by atoms with van der Waals surface area (Å²) in [5.41, 5.74) is 1.28. The number of hydrogen-bond donors (Lipinski definition) is 1. The zero-order chi connectivity index (χ0) is 16.2. The molecule has 23 heavy (non-hydrogen) atoms. The van der Waals surface area contributed by atoms with Crippen LogP contribution in [-0.2, 0) is 6.54 Å². The minimum atomic E-state index is -0.186. The molecule has 3 rings (SSSR count). The van der Waals surface area contributed by atoms with E-state index in [1.165, 1.54) is 11.8 Å². The van der Waals surface area contributed by atoms with E-state index in [0.29, 0.717) is 12.5 Å². The van der Waals surface area contributed by atoms with Crippen LogP contribution >= 0.6 is 0 Å². The van der Waals surface area contributed by atoms with Crippen molar-refractivity contribution in [1.82, 2.24) is 15.4 Å². The fourth-order valence-electron chi connectivity index (χ4n) is 3.09. The molecule has 1 aliphatic heterocycles. The number of rotatable bonds is 5. The minimum absolute atomic E-state index is 0.186. The lowest BCUT2D eigenvalue weighted by Gasteiger charge is -2.31. The molecule has 2 aromatic heterocycles. The summed E-state index contributed by atoms with van der Waals surface area (Å²) >= 11 is 0. The molecule has 124 valence electrons. The molecule has 0 aliphatic carbocycles. The van der Waals surface area contributed by atoms with E-state index in [0.717, 1.165) is 44.0 Å². The molecular weight excluding hydrogens is 294 g/mol. The monoisotopic (exact) mass is 317 g/mol. The predicted octanol–water partition coefficient (Wildman–Crippen LogP) is 2.53. The van der Waals surface area contributed by atoms with Crippen LogP contribution in [0.25, 0.3) is 0 Å². The van der Waals surface area contributed by atoms with Crippen molar-refractivity contribution in [3.8, 4) is 0 Å². The molecule has 0 spiro atoms. The Hall–Kier alpha value is -2.08. The Labute approximate surface area is 135 Å². The molecule has 1 N–H and O–H groups in total. The van der Waals surface area contributed by atoms with E-state index in [4.69, 9.17) is 8.94 Å². The highest BCUT2D eigenvalue weighted by Gasteiger charge is 2.21. The van der Waals surface area contributed by atoms with Gasteiger partial charge in [0.25, 0.3) is 5.91 Å². The Balaban J connectivity index is 1.42. The fraction of sp³-hybridized carbons (Fsp3) is 0.529. The Morgan fingerprint density at radius 3 is 2.78 bits per heavy atom. The molecule has 0 aromatic carbocycles. The molecule has 0 bridgehead atoms. The number of likely N-dealkylation sites (tertiary alicyclic amines) is 1. The number of carbonyl (C=O) groups excluding carboxylic acids is 1. The van der Waals surface area contributed by atoms with E-state index < -0.39 is 0 Å². The molecule has 1 aliphatic rings. The van der Waals surface area contributed by atoms with Gasteiger partial charge in [-0.2, -0.15) is 0 Å². The summed E-state index contributed by atoms with van der Waals surface area (Å²) in [6, 6.07) is 3.70. The number of piperidine rings is 1. The van der Waals surface area contributed by atoms with Crippen LogP contribution in [-0.4, -0.2) is 35.6 Å². The maximum absolute atomic E-state index is 11.8. The number of nitrogens with one attached hydrogen (secondary N) is 1. The third-order valence-corrected chi connectivity index (χ3v) is 4.46. The first-order valence-corrected chi connectivity index (χ1v) is 8.09. The zero-order valence-corrected chi connectivity index (χ0v) is 13.7. The topological polar surface area (TPSA) is 71.5 Å². The SMILES string of the molecule is Cc1cc(CN2CCC(CNC(=O)c3ccno3)CC2)c(C)o1. The quantitative estimate of drug-likeness (QED) is 0.917. The van der Waals surface area contributed by atoms with Gasteiger partial charge in [-0.1, -0.05) is 5.16 Å². The van der Waals surface area contributed by atoms with Gasteiger partial charge in [0, 0.05) is 24.7 Å². The van der Waals surface area contributed by atoms with Crippen molar-refractivity contribution in [3.63, 3.8) is 0 Å². The molecule has 2 aromatic rings. The smallest absolute Gasteiger partial charge is 0.289 e. The van der Waals surface area contributed by atoms with Crippen molar-refractivity contribution in [2.75, 3.05) is 19.6 Å². The summed E-state index contributed by atoms with van der Waals surface area (Å²) in [5, 5.41) is 6.47. The van der Waals surface area contributed by atoms with Gasteiger partial charge in [0.05, 0.1) is 6.20 Å². The number of nitrogens with zero attached hydrogens (tertiary/aromatic N) is 2. The second kappa shape index (κ2) is 7.00. The number of aryl methyl sites for hydroxylation is 2. The van der Waals surface area contributed by atoms with E-state index in [1.807, 2.05) is 13.8 Å². The van der Waals surface area contributed by atoms with Crippen LogP contribution < -0.4 is 5.32 Å². The lowest BCUT2D eigenvalue weighted by molar-refractivity contribution is 0.0898. The molecule has 1 saturated heterocycles. The van der Waals surface area contributed by atoms with Crippen LogP contribution in [0.5, 0.6) is 0 Å². The van der Waals surface area contributed by atoms with Crippen molar-refractivity contribution in [3.05, 3.63) is 41.2 Å². The van der Waals surface area contributed by atoms with Gasteiger partial charge in [-0.25, -0.2) is 0 Å². The third-order valence-electron chi connectivity index (χ3n) is 4.46. The molecule has 0 radical (unpaired) electrons. The highest BCUT2D eigenvalue weighted by molar-refractivity contribution is 5.91. The molecule has 0 unspecified atom stereocenters. The molecule has 6 nitrogen and oxygen atoms in total. The standard InChI is InChI=1S/C17H23N3O3/c1-12-9-15(13(2)22-12)11-20-7-4-14(5-8-20)10-18-17(21)16-3-6-19-23-16/h3,6,9,14H,4-5,7-8,10-11H2,1-2H3,(H,18,21). The highest BCUT2D eigenvalue weighted by Crippen LogP contribution is 2.21. The second-order valence-electron chi connectivity index (χ2n) is 6.24. The summed E-state index contributed by atoms with van der Waals surface area (Å²) in [6.07, 6.45) is 3.66. The Bertz CT molecular complexity index is 640. The molecule has 3 heterocycles. The van der Waals surface area contributed by atoms with Crippen LogP contribution in [0.2, 0.25) is 0 Å². The minimum Gasteiger partial charge on any atom is -0.466 e. The molecule has 0 saturated carbocycles. The van der Waals surface area contributed by atoms with Crippen molar-refractivity contribution in [1.29, 1.82) is 0 Å². The largest absolute Gasteiger partial charge is 0.466 e. The van der Waals surface area contributed by atoms with Gasteiger partial charge in [0.1, 0.15) is 11.5 Å². The molecule has 1 amide bonds. The van der Waals surface area contributed by atoms with Crippen LogP contribution in [0, 0.1) is 19.8 Å². The van der Waals surface area contributed by atoms with Crippen molar-refractivity contribution in [2.24, 2.45) is 5.92 Å². The van der Waals surface area contributed by atoms with E-state index in [9.17, 15) is 4.79 Å². The second-order valence-corrected chi connectivity index (χ2v) is 6.24. The van der Waals surface area contributed by atoms with E-state index in [-0.39, 0.29) is 11.7 Å². The normalized spacial score (nSPS) is 16.6. The van der Waals surface area contributed by atoms with E-state index in [1.54, 1.807) is 6.07 Å². The first kappa shape index (κ1) is 15.8. The average molecular weight is 317 g/mol. The highest BCUT2D eigenvalue weighted by atomic mass is 16.5. The van der Waals surface area contributed by atoms with Gasteiger partial charge >= 0.3 is 0 Å². The first-order chi connectivity index (χ1) is 11.1. The number of hydrogen-bond acceptors (Lipinski definition) is 5. The van der Waals surface area contributed by atoms with Crippen molar-refractivity contribution in [2.45, 2.75) is 33.2 Å². The van der Waals surface area contributed by atoms with Crippen LogP contribution in [0.4, 0.5) is 0 Å². The lowest BCUT2D eigenvalue weighted by Crippen LogP contribution is -2.38. The fourth-order valence-corrected chi connectivity index (χ4v) is 3.09. The molecule has 6 heteroatoms. The Morgan fingerprint density at radius 2 is 2.17 bits per heavy atom. The number of amides is 1.